The number of aryl methyl sites for hydroxylation is 1. The second-order valence-corrected chi connectivity index (χ2v) is 4.90. The molecule has 2 rings (SSSR count). The van der Waals surface area contributed by atoms with Gasteiger partial charge in [-0.2, -0.15) is 0 Å². The van der Waals surface area contributed by atoms with Crippen LogP contribution < -0.4 is 10.2 Å². The highest BCUT2D eigenvalue weighted by Gasteiger charge is 2.11. The largest absolute Gasteiger partial charge is 0.395 e. The van der Waals surface area contributed by atoms with E-state index in [2.05, 4.69) is 5.32 Å². The molecule has 4 heteroatoms. The van der Waals surface area contributed by atoms with Crippen molar-refractivity contribution in [1.82, 2.24) is 0 Å². The first-order chi connectivity index (χ1) is 9.70. The topological polar surface area (TPSA) is 35.5 Å². The van der Waals surface area contributed by atoms with E-state index < -0.39 is 0 Å². The van der Waals surface area contributed by atoms with Gasteiger partial charge in [-0.25, -0.2) is 0 Å². The minimum absolute atomic E-state index is 0.0462. The minimum Gasteiger partial charge on any atom is -0.395 e. The average Bonchev–Trinajstić information content (AvgIpc) is 2.45. The molecule has 0 bridgehead atoms. The number of thiocarbonyl (C=S) groups is 1. The summed E-state index contributed by atoms with van der Waals surface area (Å²) in [7, 11) is 0. The third kappa shape index (κ3) is 3.79. The van der Waals surface area contributed by atoms with Crippen molar-refractivity contribution >= 4 is 28.7 Å². The van der Waals surface area contributed by atoms with Crippen LogP contribution in [0.5, 0.6) is 0 Å². The van der Waals surface area contributed by atoms with E-state index in [1.807, 2.05) is 66.4 Å². The van der Waals surface area contributed by atoms with E-state index in [0.29, 0.717) is 11.7 Å². The van der Waals surface area contributed by atoms with Crippen LogP contribution in [0, 0.1) is 6.92 Å². The Balaban J connectivity index is 2.15. The van der Waals surface area contributed by atoms with Gasteiger partial charge in [0.1, 0.15) is 0 Å². The first-order valence-corrected chi connectivity index (χ1v) is 6.92. The number of nitrogens with zero attached hydrogens (tertiary/aromatic N) is 1. The Morgan fingerprint density at radius 3 is 2.55 bits per heavy atom. The molecule has 0 aliphatic rings. The summed E-state index contributed by atoms with van der Waals surface area (Å²) in [6.45, 7) is 2.54. The van der Waals surface area contributed by atoms with Gasteiger partial charge in [0.15, 0.2) is 5.11 Å². The van der Waals surface area contributed by atoms with E-state index in [0.717, 1.165) is 11.4 Å². The van der Waals surface area contributed by atoms with Crippen LogP contribution >= 0.6 is 12.2 Å². The highest BCUT2D eigenvalue weighted by atomic mass is 32.1. The van der Waals surface area contributed by atoms with Crippen LogP contribution in [0.25, 0.3) is 0 Å². The van der Waals surface area contributed by atoms with E-state index in [1.54, 1.807) is 0 Å². The molecule has 0 fully saturated rings. The van der Waals surface area contributed by atoms with E-state index in [1.165, 1.54) is 5.56 Å². The summed E-state index contributed by atoms with van der Waals surface area (Å²) in [5.41, 5.74) is 3.09. The number of benzene rings is 2. The molecule has 2 aromatic rings. The first-order valence-electron chi connectivity index (χ1n) is 6.52. The fourth-order valence-electron chi connectivity index (χ4n) is 1.97. The Labute approximate surface area is 124 Å². The van der Waals surface area contributed by atoms with Crippen molar-refractivity contribution in [2.45, 2.75) is 6.92 Å². The molecule has 0 radical (unpaired) electrons. The molecule has 0 spiro atoms. The van der Waals surface area contributed by atoms with Crippen molar-refractivity contribution in [2.24, 2.45) is 0 Å². The summed E-state index contributed by atoms with van der Waals surface area (Å²) in [6.07, 6.45) is 0. The Morgan fingerprint density at radius 1 is 1.15 bits per heavy atom. The lowest BCUT2D eigenvalue weighted by Gasteiger charge is -2.25. The van der Waals surface area contributed by atoms with Gasteiger partial charge in [-0.1, -0.05) is 30.3 Å². The SMILES string of the molecule is Cc1cccc(NC(=S)N(CCO)c2ccccc2)c1. The van der Waals surface area contributed by atoms with E-state index in [9.17, 15) is 5.11 Å². The van der Waals surface area contributed by atoms with Crippen LogP contribution in [0.2, 0.25) is 0 Å². The summed E-state index contributed by atoms with van der Waals surface area (Å²) in [5.74, 6) is 0. The Kier molecular flexibility index (Phi) is 5.09. The maximum Gasteiger partial charge on any atom is 0.178 e. The van der Waals surface area contributed by atoms with Gasteiger partial charge in [0.05, 0.1) is 6.61 Å². The maximum atomic E-state index is 9.23. The monoisotopic (exact) mass is 286 g/mol. The van der Waals surface area contributed by atoms with E-state index in [4.69, 9.17) is 12.2 Å². The predicted molar refractivity (Wildman–Crippen MR) is 88.3 cm³/mol. The maximum absolute atomic E-state index is 9.23. The Hall–Kier alpha value is -1.91. The van der Waals surface area contributed by atoms with Crippen molar-refractivity contribution < 1.29 is 5.11 Å². The number of nitrogens with one attached hydrogen (secondary N) is 1. The van der Waals surface area contributed by atoms with Crippen molar-refractivity contribution in [3.63, 3.8) is 0 Å². The fraction of sp³-hybridized carbons (Fsp3) is 0.188. The lowest BCUT2D eigenvalue weighted by Crippen LogP contribution is -2.36. The summed E-state index contributed by atoms with van der Waals surface area (Å²) in [4.78, 5) is 1.89. The molecule has 0 unspecified atom stereocenters. The molecule has 0 heterocycles. The fourth-order valence-corrected chi connectivity index (χ4v) is 2.28. The molecular weight excluding hydrogens is 268 g/mol. The molecule has 0 saturated carbocycles. The first kappa shape index (κ1) is 14.5. The lowest BCUT2D eigenvalue weighted by molar-refractivity contribution is 0.306. The van der Waals surface area contributed by atoms with Gasteiger partial charge >= 0.3 is 0 Å². The molecule has 0 amide bonds. The minimum atomic E-state index is 0.0462. The molecule has 104 valence electrons. The zero-order chi connectivity index (χ0) is 14.4. The number of aliphatic hydroxyl groups is 1. The number of aliphatic hydroxyl groups excluding tert-OH is 1. The molecule has 0 saturated heterocycles. The number of hydrogen-bond donors (Lipinski definition) is 2. The zero-order valence-corrected chi connectivity index (χ0v) is 12.2. The third-order valence-electron chi connectivity index (χ3n) is 2.91. The Bertz CT molecular complexity index is 572. The molecule has 3 nitrogen and oxygen atoms in total. The summed E-state index contributed by atoms with van der Waals surface area (Å²) >= 11 is 5.45. The second kappa shape index (κ2) is 7.03. The van der Waals surface area contributed by atoms with Gasteiger partial charge in [0, 0.05) is 17.9 Å². The van der Waals surface area contributed by atoms with Crippen LogP contribution in [-0.2, 0) is 0 Å². The normalized spacial score (nSPS) is 10.1. The van der Waals surface area contributed by atoms with Gasteiger partial charge < -0.3 is 15.3 Å². The van der Waals surface area contributed by atoms with Crippen molar-refractivity contribution in [1.29, 1.82) is 0 Å². The van der Waals surface area contributed by atoms with Crippen LogP contribution in [0.1, 0.15) is 5.56 Å². The second-order valence-electron chi connectivity index (χ2n) is 4.51. The van der Waals surface area contributed by atoms with Gasteiger partial charge in [-0.3, -0.25) is 0 Å². The summed E-state index contributed by atoms with van der Waals surface area (Å²) < 4.78 is 0. The van der Waals surface area contributed by atoms with Crippen molar-refractivity contribution in [3.05, 3.63) is 60.2 Å². The highest BCUT2D eigenvalue weighted by molar-refractivity contribution is 7.80. The van der Waals surface area contributed by atoms with Gasteiger partial charge in [0.2, 0.25) is 0 Å². The Morgan fingerprint density at radius 2 is 1.90 bits per heavy atom. The summed E-state index contributed by atoms with van der Waals surface area (Å²) in [5, 5.41) is 13.0. The van der Waals surface area contributed by atoms with Crippen LogP contribution in [0.3, 0.4) is 0 Å². The molecule has 0 atom stereocenters. The number of anilines is 2. The molecule has 20 heavy (non-hydrogen) atoms. The predicted octanol–water partition coefficient (Wildman–Crippen LogP) is 3.19. The van der Waals surface area contributed by atoms with Gasteiger partial charge in [-0.15, -0.1) is 0 Å². The van der Waals surface area contributed by atoms with Gasteiger partial charge in [0.25, 0.3) is 0 Å². The van der Waals surface area contributed by atoms with Crippen molar-refractivity contribution in [2.75, 3.05) is 23.4 Å². The molecule has 2 aromatic carbocycles. The molecule has 0 aliphatic heterocycles. The van der Waals surface area contributed by atoms with Gasteiger partial charge in [-0.05, 0) is 49.0 Å². The zero-order valence-electron chi connectivity index (χ0n) is 11.4. The van der Waals surface area contributed by atoms with Crippen LogP contribution in [0.4, 0.5) is 11.4 Å². The number of hydrogen-bond acceptors (Lipinski definition) is 2. The average molecular weight is 286 g/mol. The molecule has 0 aromatic heterocycles. The van der Waals surface area contributed by atoms with Crippen LogP contribution in [-0.4, -0.2) is 23.4 Å². The number of para-hydroxylation sites is 1. The third-order valence-corrected chi connectivity index (χ3v) is 3.23. The van der Waals surface area contributed by atoms with E-state index >= 15 is 0 Å². The smallest absolute Gasteiger partial charge is 0.178 e. The molecule has 2 N–H and O–H groups in total. The van der Waals surface area contributed by atoms with Crippen molar-refractivity contribution in [3.8, 4) is 0 Å². The standard InChI is InChI=1S/C16H18N2OS/c1-13-6-5-7-14(12-13)17-16(20)18(10-11-19)15-8-3-2-4-9-15/h2-9,12,19H,10-11H2,1H3,(H,17,20). The highest BCUT2D eigenvalue weighted by Crippen LogP contribution is 2.16. The quantitative estimate of drug-likeness (QED) is 0.846. The summed E-state index contributed by atoms with van der Waals surface area (Å²) in [6, 6.07) is 17.8. The van der Waals surface area contributed by atoms with E-state index in [-0.39, 0.29) is 6.61 Å². The lowest BCUT2D eigenvalue weighted by atomic mass is 10.2. The molecule has 0 aliphatic carbocycles. The molecular formula is C16H18N2OS. The number of rotatable bonds is 4. The van der Waals surface area contributed by atoms with Crippen LogP contribution in [0.15, 0.2) is 54.6 Å².